The summed E-state index contributed by atoms with van der Waals surface area (Å²) in [5, 5.41) is 3.12. The van der Waals surface area contributed by atoms with Gasteiger partial charge >= 0.3 is 0 Å². The minimum absolute atomic E-state index is 0.138. The molecule has 0 radical (unpaired) electrons. The number of amides is 1. The van der Waals surface area contributed by atoms with Crippen molar-refractivity contribution in [2.24, 2.45) is 5.73 Å². The largest absolute Gasteiger partial charge is 0.368 e. The van der Waals surface area contributed by atoms with Gasteiger partial charge in [0.15, 0.2) is 0 Å². The predicted octanol–water partition coefficient (Wildman–Crippen LogP) is 1.21. The molecular formula is C11H16N2O. The van der Waals surface area contributed by atoms with Gasteiger partial charge in [-0.3, -0.25) is 10.1 Å². The fourth-order valence-electron chi connectivity index (χ4n) is 1.30. The topological polar surface area (TPSA) is 55.1 Å². The molecule has 3 heteroatoms. The maximum absolute atomic E-state index is 10.8. The van der Waals surface area contributed by atoms with E-state index in [4.69, 9.17) is 5.73 Å². The molecule has 0 fully saturated rings. The Labute approximate surface area is 84.3 Å². The summed E-state index contributed by atoms with van der Waals surface area (Å²) in [5.41, 5.74) is 6.31. The smallest absolute Gasteiger partial charge is 0.234 e. The van der Waals surface area contributed by atoms with Crippen molar-refractivity contribution in [2.45, 2.75) is 25.9 Å². The number of rotatable bonds is 4. The third-order valence-corrected chi connectivity index (χ3v) is 2.23. The normalized spacial score (nSPS) is 14.7. The highest BCUT2D eigenvalue weighted by Gasteiger charge is 2.12. The molecule has 0 bridgehead atoms. The fraction of sp³-hybridized carbons (Fsp3) is 0.364. The van der Waals surface area contributed by atoms with E-state index in [1.165, 1.54) is 0 Å². The van der Waals surface area contributed by atoms with E-state index in [-0.39, 0.29) is 18.0 Å². The molecule has 0 aliphatic rings. The Bertz CT molecular complexity index is 297. The van der Waals surface area contributed by atoms with Crippen LogP contribution < -0.4 is 11.1 Å². The molecule has 0 aliphatic carbocycles. The zero-order valence-corrected chi connectivity index (χ0v) is 8.53. The van der Waals surface area contributed by atoms with Crippen molar-refractivity contribution < 1.29 is 4.79 Å². The first kappa shape index (κ1) is 10.7. The first-order chi connectivity index (χ1) is 6.61. The number of primary amides is 1. The molecule has 1 aromatic carbocycles. The van der Waals surface area contributed by atoms with Crippen LogP contribution in [0.1, 0.15) is 25.5 Å². The van der Waals surface area contributed by atoms with Gasteiger partial charge in [-0.15, -0.1) is 0 Å². The molecule has 2 atom stereocenters. The molecule has 1 amide bonds. The number of hydrogen-bond donors (Lipinski definition) is 2. The summed E-state index contributed by atoms with van der Waals surface area (Å²) in [6.45, 7) is 3.77. The van der Waals surface area contributed by atoms with Gasteiger partial charge in [0.2, 0.25) is 5.91 Å². The SMILES string of the molecule is C[C@H](N[C@H](C)c1ccccc1)C(N)=O. The molecule has 0 saturated carbocycles. The Morgan fingerprint density at radius 1 is 1.29 bits per heavy atom. The molecular weight excluding hydrogens is 176 g/mol. The molecule has 3 N–H and O–H groups in total. The Hall–Kier alpha value is -1.35. The van der Waals surface area contributed by atoms with Crippen molar-refractivity contribution in [3.63, 3.8) is 0 Å². The molecule has 14 heavy (non-hydrogen) atoms. The van der Waals surface area contributed by atoms with Crippen LogP contribution in [0.15, 0.2) is 30.3 Å². The number of carbonyl (C=O) groups is 1. The molecule has 0 heterocycles. The van der Waals surface area contributed by atoms with Crippen LogP contribution in [0.25, 0.3) is 0 Å². The van der Waals surface area contributed by atoms with E-state index in [1.54, 1.807) is 6.92 Å². The minimum atomic E-state index is -0.326. The molecule has 0 spiro atoms. The van der Waals surface area contributed by atoms with E-state index in [0.717, 1.165) is 5.56 Å². The van der Waals surface area contributed by atoms with Crippen LogP contribution in [-0.4, -0.2) is 11.9 Å². The van der Waals surface area contributed by atoms with Gasteiger partial charge in [-0.25, -0.2) is 0 Å². The fourth-order valence-corrected chi connectivity index (χ4v) is 1.30. The molecule has 0 unspecified atom stereocenters. The minimum Gasteiger partial charge on any atom is -0.368 e. The van der Waals surface area contributed by atoms with Crippen LogP contribution in [-0.2, 0) is 4.79 Å². The van der Waals surface area contributed by atoms with E-state index in [1.807, 2.05) is 37.3 Å². The van der Waals surface area contributed by atoms with Crippen molar-refractivity contribution in [2.75, 3.05) is 0 Å². The van der Waals surface area contributed by atoms with Gasteiger partial charge in [0.05, 0.1) is 6.04 Å². The lowest BCUT2D eigenvalue weighted by Gasteiger charge is -2.17. The highest BCUT2D eigenvalue weighted by atomic mass is 16.1. The second-order valence-corrected chi connectivity index (χ2v) is 3.42. The standard InChI is InChI=1S/C11H16N2O/c1-8(13-9(2)11(12)14)10-6-4-3-5-7-10/h3-9,13H,1-2H3,(H2,12,14)/t8-,9+/m1/s1. The molecule has 0 aliphatic heterocycles. The second kappa shape index (κ2) is 4.77. The lowest BCUT2D eigenvalue weighted by atomic mass is 10.1. The van der Waals surface area contributed by atoms with Crippen molar-refractivity contribution in [1.82, 2.24) is 5.32 Å². The van der Waals surface area contributed by atoms with Crippen LogP contribution in [0.4, 0.5) is 0 Å². The Balaban J connectivity index is 2.59. The Morgan fingerprint density at radius 3 is 2.36 bits per heavy atom. The summed E-state index contributed by atoms with van der Waals surface area (Å²) in [6, 6.07) is 9.79. The maximum atomic E-state index is 10.8. The molecule has 1 rings (SSSR count). The number of hydrogen-bond acceptors (Lipinski definition) is 2. The third kappa shape index (κ3) is 2.85. The summed E-state index contributed by atoms with van der Waals surface area (Å²) in [7, 11) is 0. The van der Waals surface area contributed by atoms with E-state index < -0.39 is 0 Å². The number of nitrogens with one attached hydrogen (secondary N) is 1. The number of nitrogens with two attached hydrogens (primary N) is 1. The second-order valence-electron chi connectivity index (χ2n) is 3.42. The quantitative estimate of drug-likeness (QED) is 0.753. The van der Waals surface area contributed by atoms with Crippen molar-refractivity contribution >= 4 is 5.91 Å². The van der Waals surface area contributed by atoms with Crippen LogP contribution in [0, 0.1) is 0 Å². The monoisotopic (exact) mass is 192 g/mol. The number of carbonyl (C=O) groups excluding carboxylic acids is 1. The Kier molecular flexibility index (Phi) is 3.65. The third-order valence-electron chi connectivity index (χ3n) is 2.23. The summed E-state index contributed by atoms with van der Waals surface area (Å²) in [4.78, 5) is 10.8. The van der Waals surface area contributed by atoms with Crippen molar-refractivity contribution in [3.05, 3.63) is 35.9 Å². The zero-order chi connectivity index (χ0) is 10.6. The van der Waals surface area contributed by atoms with Crippen molar-refractivity contribution in [1.29, 1.82) is 0 Å². The summed E-state index contributed by atoms with van der Waals surface area (Å²) >= 11 is 0. The molecule has 3 nitrogen and oxygen atoms in total. The molecule has 0 aromatic heterocycles. The molecule has 76 valence electrons. The van der Waals surface area contributed by atoms with Crippen LogP contribution in [0.5, 0.6) is 0 Å². The summed E-state index contributed by atoms with van der Waals surface area (Å²) in [5.74, 6) is -0.326. The van der Waals surface area contributed by atoms with E-state index in [0.29, 0.717) is 0 Å². The van der Waals surface area contributed by atoms with Crippen LogP contribution in [0.3, 0.4) is 0 Å². The van der Waals surface area contributed by atoms with Gasteiger partial charge in [0, 0.05) is 6.04 Å². The highest BCUT2D eigenvalue weighted by Crippen LogP contribution is 2.11. The lowest BCUT2D eigenvalue weighted by molar-refractivity contribution is -0.119. The van der Waals surface area contributed by atoms with Gasteiger partial charge in [0.25, 0.3) is 0 Å². The summed E-state index contributed by atoms with van der Waals surface area (Å²) < 4.78 is 0. The van der Waals surface area contributed by atoms with Gasteiger partial charge < -0.3 is 5.73 Å². The maximum Gasteiger partial charge on any atom is 0.234 e. The Morgan fingerprint density at radius 2 is 1.86 bits per heavy atom. The molecule has 1 aromatic rings. The van der Waals surface area contributed by atoms with E-state index in [2.05, 4.69) is 5.32 Å². The average molecular weight is 192 g/mol. The van der Waals surface area contributed by atoms with Crippen LogP contribution >= 0.6 is 0 Å². The van der Waals surface area contributed by atoms with Crippen LogP contribution in [0.2, 0.25) is 0 Å². The first-order valence-corrected chi connectivity index (χ1v) is 4.71. The van der Waals surface area contributed by atoms with Gasteiger partial charge in [0.1, 0.15) is 0 Å². The lowest BCUT2D eigenvalue weighted by Crippen LogP contribution is -2.39. The van der Waals surface area contributed by atoms with Gasteiger partial charge in [-0.1, -0.05) is 30.3 Å². The van der Waals surface area contributed by atoms with Crippen molar-refractivity contribution in [3.8, 4) is 0 Å². The van der Waals surface area contributed by atoms with Gasteiger partial charge in [-0.2, -0.15) is 0 Å². The van der Waals surface area contributed by atoms with E-state index in [9.17, 15) is 4.79 Å². The summed E-state index contributed by atoms with van der Waals surface area (Å²) in [6.07, 6.45) is 0. The highest BCUT2D eigenvalue weighted by molar-refractivity contribution is 5.79. The first-order valence-electron chi connectivity index (χ1n) is 4.71. The van der Waals surface area contributed by atoms with Gasteiger partial charge in [-0.05, 0) is 19.4 Å². The predicted molar refractivity (Wildman–Crippen MR) is 56.6 cm³/mol. The average Bonchev–Trinajstić information content (AvgIpc) is 2.19. The molecule has 0 saturated heterocycles. The number of benzene rings is 1. The van der Waals surface area contributed by atoms with E-state index >= 15 is 0 Å². The zero-order valence-electron chi connectivity index (χ0n) is 8.53.